The summed E-state index contributed by atoms with van der Waals surface area (Å²) in [4.78, 5) is 4.06. The standard InChI is InChI=1S/C13H13N3O4S2/c14-21(17,18)11-3-5-12(6-4-11)22(19,20)16-8-10-2-1-7-15-13(10)9-16/h1-7H,8-9H2,(H2,14,17,18). The van der Waals surface area contributed by atoms with Gasteiger partial charge in [-0.25, -0.2) is 22.0 Å². The summed E-state index contributed by atoms with van der Waals surface area (Å²) >= 11 is 0. The fourth-order valence-electron chi connectivity index (χ4n) is 2.29. The normalized spacial score (nSPS) is 15.7. The van der Waals surface area contributed by atoms with Gasteiger partial charge in [-0.15, -0.1) is 0 Å². The zero-order valence-corrected chi connectivity index (χ0v) is 13.0. The van der Waals surface area contributed by atoms with E-state index in [0.29, 0.717) is 0 Å². The third-order valence-corrected chi connectivity index (χ3v) is 6.18. The maximum absolute atomic E-state index is 12.6. The molecule has 0 spiro atoms. The van der Waals surface area contributed by atoms with Crippen LogP contribution in [0.2, 0.25) is 0 Å². The highest BCUT2D eigenvalue weighted by molar-refractivity contribution is 7.89. The summed E-state index contributed by atoms with van der Waals surface area (Å²) < 4.78 is 48.9. The molecule has 2 heterocycles. The molecule has 0 bridgehead atoms. The number of rotatable bonds is 3. The van der Waals surface area contributed by atoms with Gasteiger partial charge in [-0.3, -0.25) is 4.98 Å². The fourth-order valence-corrected chi connectivity index (χ4v) is 4.19. The highest BCUT2D eigenvalue weighted by Crippen LogP contribution is 2.27. The lowest BCUT2D eigenvalue weighted by atomic mass is 10.2. The van der Waals surface area contributed by atoms with Gasteiger partial charge in [0.25, 0.3) is 0 Å². The minimum Gasteiger partial charge on any atom is -0.260 e. The zero-order chi connectivity index (χ0) is 16.0. The first-order valence-electron chi connectivity index (χ1n) is 6.34. The second-order valence-electron chi connectivity index (χ2n) is 4.90. The average Bonchev–Trinajstić information content (AvgIpc) is 2.91. The monoisotopic (exact) mass is 339 g/mol. The number of primary sulfonamides is 1. The Bertz CT molecular complexity index is 897. The number of nitrogens with zero attached hydrogens (tertiary/aromatic N) is 2. The quantitative estimate of drug-likeness (QED) is 0.872. The third kappa shape index (κ3) is 2.63. The molecule has 9 heteroatoms. The second-order valence-corrected chi connectivity index (χ2v) is 8.40. The van der Waals surface area contributed by atoms with Crippen molar-refractivity contribution in [1.29, 1.82) is 0 Å². The van der Waals surface area contributed by atoms with Gasteiger partial charge < -0.3 is 0 Å². The van der Waals surface area contributed by atoms with Crippen LogP contribution in [0.25, 0.3) is 0 Å². The summed E-state index contributed by atoms with van der Waals surface area (Å²) in [6.07, 6.45) is 1.62. The Morgan fingerprint density at radius 1 is 0.955 bits per heavy atom. The van der Waals surface area contributed by atoms with E-state index in [9.17, 15) is 16.8 Å². The van der Waals surface area contributed by atoms with Crippen LogP contribution in [-0.2, 0) is 33.1 Å². The number of pyridine rings is 1. The molecule has 0 fully saturated rings. The molecule has 1 aromatic heterocycles. The van der Waals surface area contributed by atoms with E-state index in [1.54, 1.807) is 12.3 Å². The van der Waals surface area contributed by atoms with E-state index in [-0.39, 0.29) is 22.9 Å². The van der Waals surface area contributed by atoms with Crippen molar-refractivity contribution in [3.63, 3.8) is 0 Å². The summed E-state index contributed by atoms with van der Waals surface area (Å²) in [6.45, 7) is 0.456. The molecule has 1 aromatic carbocycles. The molecule has 3 rings (SSSR count). The molecule has 0 aliphatic carbocycles. The maximum atomic E-state index is 12.6. The molecule has 0 unspecified atom stereocenters. The zero-order valence-electron chi connectivity index (χ0n) is 11.4. The van der Waals surface area contributed by atoms with Gasteiger partial charge >= 0.3 is 0 Å². The summed E-state index contributed by atoms with van der Waals surface area (Å²) in [5.74, 6) is 0. The number of hydrogen-bond acceptors (Lipinski definition) is 5. The predicted molar refractivity (Wildman–Crippen MR) is 78.5 cm³/mol. The van der Waals surface area contributed by atoms with Crippen LogP contribution in [-0.4, -0.2) is 26.1 Å². The van der Waals surface area contributed by atoms with Crippen molar-refractivity contribution in [2.45, 2.75) is 22.9 Å². The van der Waals surface area contributed by atoms with Gasteiger partial charge in [-0.1, -0.05) is 6.07 Å². The van der Waals surface area contributed by atoms with E-state index < -0.39 is 20.0 Å². The van der Waals surface area contributed by atoms with Gasteiger partial charge in [-0.05, 0) is 35.9 Å². The van der Waals surface area contributed by atoms with Crippen molar-refractivity contribution in [3.05, 3.63) is 53.9 Å². The van der Waals surface area contributed by atoms with Crippen molar-refractivity contribution >= 4 is 20.0 Å². The Hall–Kier alpha value is -1.81. The first-order valence-corrected chi connectivity index (χ1v) is 9.33. The lowest BCUT2D eigenvalue weighted by Crippen LogP contribution is -2.25. The molecule has 2 N–H and O–H groups in total. The maximum Gasteiger partial charge on any atom is 0.243 e. The van der Waals surface area contributed by atoms with E-state index in [1.165, 1.54) is 28.6 Å². The molecule has 116 valence electrons. The summed E-state index contributed by atoms with van der Waals surface area (Å²) in [5.41, 5.74) is 1.60. The highest BCUT2D eigenvalue weighted by atomic mass is 32.2. The van der Waals surface area contributed by atoms with Crippen LogP contribution in [0.1, 0.15) is 11.3 Å². The molecule has 0 amide bonds. The van der Waals surface area contributed by atoms with Crippen LogP contribution in [0.3, 0.4) is 0 Å². The smallest absolute Gasteiger partial charge is 0.243 e. The molecule has 0 saturated carbocycles. The van der Waals surface area contributed by atoms with E-state index in [1.807, 2.05) is 6.07 Å². The predicted octanol–water partition coefficient (Wildman–Crippen LogP) is 0.433. The minimum absolute atomic E-state index is 0.0210. The Balaban J connectivity index is 1.92. The third-order valence-electron chi connectivity index (χ3n) is 3.45. The molecule has 7 nitrogen and oxygen atoms in total. The van der Waals surface area contributed by atoms with E-state index >= 15 is 0 Å². The van der Waals surface area contributed by atoms with Crippen LogP contribution in [0.15, 0.2) is 52.4 Å². The topological polar surface area (TPSA) is 110 Å². The number of benzene rings is 1. The van der Waals surface area contributed by atoms with Gasteiger partial charge in [0.05, 0.1) is 22.0 Å². The summed E-state index contributed by atoms with van der Waals surface area (Å²) in [7, 11) is -7.56. The highest BCUT2D eigenvalue weighted by Gasteiger charge is 2.31. The van der Waals surface area contributed by atoms with Crippen molar-refractivity contribution in [1.82, 2.24) is 9.29 Å². The van der Waals surface area contributed by atoms with Crippen molar-refractivity contribution in [2.24, 2.45) is 5.14 Å². The first-order chi connectivity index (χ1) is 10.3. The molecule has 22 heavy (non-hydrogen) atoms. The molecule has 1 aliphatic heterocycles. The van der Waals surface area contributed by atoms with Crippen molar-refractivity contribution in [2.75, 3.05) is 0 Å². The average molecular weight is 339 g/mol. The number of fused-ring (bicyclic) bond motifs is 1. The van der Waals surface area contributed by atoms with Crippen molar-refractivity contribution < 1.29 is 16.8 Å². The van der Waals surface area contributed by atoms with Gasteiger partial charge in [0.15, 0.2) is 0 Å². The molecular weight excluding hydrogens is 326 g/mol. The number of nitrogens with two attached hydrogens (primary N) is 1. The largest absolute Gasteiger partial charge is 0.260 e. The number of aromatic nitrogens is 1. The van der Waals surface area contributed by atoms with Crippen LogP contribution in [0.4, 0.5) is 0 Å². The lowest BCUT2D eigenvalue weighted by Gasteiger charge is -2.15. The first kappa shape index (κ1) is 15.1. The van der Waals surface area contributed by atoms with E-state index in [2.05, 4.69) is 4.98 Å². The van der Waals surface area contributed by atoms with Gasteiger partial charge in [0.2, 0.25) is 20.0 Å². The SMILES string of the molecule is NS(=O)(=O)c1ccc(S(=O)(=O)N2Cc3cccnc3C2)cc1. The molecule has 0 radical (unpaired) electrons. The van der Waals surface area contributed by atoms with Crippen LogP contribution in [0, 0.1) is 0 Å². The molecule has 0 atom stereocenters. The number of sulfonamides is 2. The summed E-state index contributed by atoms with van der Waals surface area (Å²) in [6, 6.07) is 8.45. The molecule has 0 saturated heterocycles. The molecule has 1 aliphatic rings. The summed E-state index contributed by atoms with van der Waals surface area (Å²) in [5, 5.41) is 5.00. The second kappa shape index (κ2) is 5.13. The van der Waals surface area contributed by atoms with E-state index in [4.69, 9.17) is 5.14 Å². The minimum atomic E-state index is -3.85. The fraction of sp³-hybridized carbons (Fsp3) is 0.154. The number of hydrogen-bond donors (Lipinski definition) is 1. The van der Waals surface area contributed by atoms with E-state index in [0.717, 1.165) is 11.3 Å². The van der Waals surface area contributed by atoms with Crippen LogP contribution >= 0.6 is 0 Å². The van der Waals surface area contributed by atoms with Crippen molar-refractivity contribution in [3.8, 4) is 0 Å². The Morgan fingerprint density at radius 2 is 1.59 bits per heavy atom. The Labute approximate surface area is 128 Å². The Morgan fingerprint density at radius 3 is 2.18 bits per heavy atom. The molecule has 2 aromatic rings. The van der Waals surface area contributed by atoms with Crippen LogP contribution in [0.5, 0.6) is 0 Å². The van der Waals surface area contributed by atoms with Gasteiger partial charge in [0.1, 0.15) is 0 Å². The Kier molecular flexibility index (Phi) is 3.52. The van der Waals surface area contributed by atoms with Gasteiger partial charge in [-0.2, -0.15) is 4.31 Å². The van der Waals surface area contributed by atoms with Crippen LogP contribution < -0.4 is 5.14 Å². The molecular formula is C13H13N3O4S2. The lowest BCUT2D eigenvalue weighted by molar-refractivity contribution is 0.429. The van der Waals surface area contributed by atoms with Gasteiger partial charge in [0, 0.05) is 12.7 Å².